The summed E-state index contributed by atoms with van der Waals surface area (Å²) in [4.78, 5) is 11.0. The number of primary amides is 1. The van der Waals surface area contributed by atoms with Gasteiger partial charge in [0.05, 0.1) is 0 Å². The Balaban J connectivity index is 2.61. The molecule has 0 saturated carbocycles. The number of hydrogen-bond acceptors (Lipinski definition) is 1. The van der Waals surface area contributed by atoms with Gasteiger partial charge in [0.25, 0.3) is 0 Å². The van der Waals surface area contributed by atoms with E-state index in [4.69, 9.17) is 5.73 Å². The molecular formula is C14H13NO. The Morgan fingerprint density at radius 2 is 1.81 bits per heavy atom. The first kappa shape index (κ1) is 10.4. The van der Waals surface area contributed by atoms with Gasteiger partial charge in [-0.15, -0.1) is 0 Å². The van der Waals surface area contributed by atoms with Gasteiger partial charge in [-0.25, -0.2) is 0 Å². The predicted molar refractivity (Wildman–Crippen MR) is 66.8 cm³/mol. The molecule has 0 aliphatic carbocycles. The van der Waals surface area contributed by atoms with E-state index in [9.17, 15) is 4.79 Å². The van der Waals surface area contributed by atoms with Crippen LogP contribution < -0.4 is 5.73 Å². The standard InChI is InChI=1S/C14H13NO/c1-10(14(15)16)9-12-7-4-6-11-5-2-3-8-13(11)12/h2-9H,1H3,(H2,15,16). The molecule has 2 aromatic rings. The van der Waals surface area contributed by atoms with Gasteiger partial charge in [0, 0.05) is 5.57 Å². The summed E-state index contributed by atoms with van der Waals surface area (Å²) in [6.07, 6.45) is 1.82. The second kappa shape index (κ2) is 4.19. The van der Waals surface area contributed by atoms with Crippen molar-refractivity contribution in [3.63, 3.8) is 0 Å². The van der Waals surface area contributed by atoms with Crippen LogP contribution in [0, 0.1) is 0 Å². The molecule has 0 bridgehead atoms. The van der Waals surface area contributed by atoms with E-state index in [2.05, 4.69) is 0 Å². The molecule has 0 fully saturated rings. The largest absolute Gasteiger partial charge is 0.366 e. The highest BCUT2D eigenvalue weighted by atomic mass is 16.1. The first-order chi connectivity index (χ1) is 7.68. The Hall–Kier alpha value is -2.09. The molecule has 0 saturated heterocycles. The van der Waals surface area contributed by atoms with Crippen molar-refractivity contribution in [2.75, 3.05) is 0 Å². The molecule has 80 valence electrons. The molecule has 2 N–H and O–H groups in total. The maximum atomic E-state index is 11.0. The Morgan fingerprint density at radius 3 is 2.56 bits per heavy atom. The Kier molecular flexibility index (Phi) is 2.73. The topological polar surface area (TPSA) is 43.1 Å². The van der Waals surface area contributed by atoms with Crippen molar-refractivity contribution < 1.29 is 4.79 Å². The van der Waals surface area contributed by atoms with Gasteiger partial charge in [-0.3, -0.25) is 4.79 Å². The monoisotopic (exact) mass is 211 g/mol. The molecule has 0 heterocycles. The SMILES string of the molecule is CC(=Cc1cccc2ccccc12)C(N)=O. The van der Waals surface area contributed by atoms with Gasteiger partial charge < -0.3 is 5.73 Å². The predicted octanol–water partition coefficient (Wildman–Crippen LogP) is 2.73. The van der Waals surface area contributed by atoms with Crippen molar-refractivity contribution in [3.8, 4) is 0 Å². The Bertz CT molecular complexity index is 564. The third kappa shape index (κ3) is 1.96. The maximum absolute atomic E-state index is 11.0. The Labute approximate surface area is 94.4 Å². The fraction of sp³-hybridized carbons (Fsp3) is 0.0714. The average molecular weight is 211 g/mol. The van der Waals surface area contributed by atoms with Crippen LogP contribution in [0.4, 0.5) is 0 Å². The minimum atomic E-state index is -0.382. The molecule has 0 aliphatic heterocycles. The first-order valence-corrected chi connectivity index (χ1v) is 5.14. The number of fused-ring (bicyclic) bond motifs is 1. The molecule has 0 radical (unpaired) electrons. The lowest BCUT2D eigenvalue weighted by molar-refractivity contribution is -0.114. The number of hydrogen-bond donors (Lipinski definition) is 1. The molecule has 2 nitrogen and oxygen atoms in total. The summed E-state index contributed by atoms with van der Waals surface area (Å²) in [7, 11) is 0. The van der Waals surface area contributed by atoms with Crippen LogP contribution in [0.1, 0.15) is 12.5 Å². The van der Waals surface area contributed by atoms with Crippen molar-refractivity contribution in [2.45, 2.75) is 6.92 Å². The van der Waals surface area contributed by atoms with Gasteiger partial charge in [-0.05, 0) is 29.3 Å². The zero-order valence-electron chi connectivity index (χ0n) is 9.10. The van der Waals surface area contributed by atoms with Gasteiger partial charge in [0.15, 0.2) is 0 Å². The van der Waals surface area contributed by atoms with E-state index < -0.39 is 0 Å². The van der Waals surface area contributed by atoms with Crippen LogP contribution in [-0.4, -0.2) is 5.91 Å². The van der Waals surface area contributed by atoms with E-state index in [0.717, 1.165) is 16.3 Å². The van der Waals surface area contributed by atoms with E-state index in [1.54, 1.807) is 6.92 Å². The summed E-state index contributed by atoms with van der Waals surface area (Å²) in [6, 6.07) is 14.1. The highest BCUT2D eigenvalue weighted by Crippen LogP contribution is 2.20. The van der Waals surface area contributed by atoms with E-state index >= 15 is 0 Å². The van der Waals surface area contributed by atoms with Gasteiger partial charge in [0.2, 0.25) is 5.91 Å². The second-order valence-corrected chi connectivity index (χ2v) is 3.76. The number of amides is 1. The van der Waals surface area contributed by atoms with Gasteiger partial charge in [0.1, 0.15) is 0 Å². The summed E-state index contributed by atoms with van der Waals surface area (Å²) in [5.41, 5.74) is 6.81. The van der Waals surface area contributed by atoms with Crippen LogP contribution >= 0.6 is 0 Å². The average Bonchev–Trinajstić information content (AvgIpc) is 2.29. The van der Waals surface area contributed by atoms with Crippen LogP contribution in [0.3, 0.4) is 0 Å². The summed E-state index contributed by atoms with van der Waals surface area (Å²) < 4.78 is 0. The van der Waals surface area contributed by atoms with Crippen LogP contribution in [-0.2, 0) is 4.79 Å². The van der Waals surface area contributed by atoms with Crippen molar-refractivity contribution in [1.82, 2.24) is 0 Å². The lowest BCUT2D eigenvalue weighted by Crippen LogP contribution is -2.11. The first-order valence-electron chi connectivity index (χ1n) is 5.14. The number of benzene rings is 2. The minimum Gasteiger partial charge on any atom is -0.366 e. The van der Waals surface area contributed by atoms with Crippen molar-refractivity contribution in [2.24, 2.45) is 5.73 Å². The molecule has 2 rings (SSSR count). The van der Waals surface area contributed by atoms with Crippen LogP contribution in [0.5, 0.6) is 0 Å². The molecule has 0 aromatic heterocycles. The molecule has 2 heteroatoms. The van der Waals surface area contributed by atoms with Crippen molar-refractivity contribution in [1.29, 1.82) is 0 Å². The quantitative estimate of drug-likeness (QED) is 0.762. The Morgan fingerprint density at radius 1 is 1.12 bits per heavy atom. The molecule has 16 heavy (non-hydrogen) atoms. The normalized spacial score (nSPS) is 11.7. The van der Waals surface area contributed by atoms with Gasteiger partial charge in [-0.2, -0.15) is 0 Å². The van der Waals surface area contributed by atoms with E-state index in [1.807, 2.05) is 48.5 Å². The number of carbonyl (C=O) groups is 1. The molecule has 0 unspecified atom stereocenters. The smallest absolute Gasteiger partial charge is 0.244 e. The van der Waals surface area contributed by atoms with E-state index in [0.29, 0.717) is 5.57 Å². The third-order valence-corrected chi connectivity index (χ3v) is 2.58. The highest BCUT2D eigenvalue weighted by molar-refractivity contribution is 5.99. The van der Waals surface area contributed by atoms with E-state index in [1.165, 1.54) is 0 Å². The molecular weight excluding hydrogens is 198 g/mol. The second-order valence-electron chi connectivity index (χ2n) is 3.76. The zero-order valence-corrected chi connectivity index (χ0v) is 9.10. The summed E-state index contributed by atoms with van der Waals surface area (Å²) >= 11 is 0. The summed E-state index contributed by atoms with van der Waals surface area (Å²) in [5.74, 6) is -0.382. The van der Waals surface area contributed by atoms with E-state index in [-0.39, 0.29) is 5.91 Å². The fourth-order valence-corrected chi connectivity index (χ4v) is 1.68. The summed E-state index contributed by atoms with van der Waals surface area (Å²) in [6.45, 7) is 1.73. The van der Waals surface area contributed by atoms with Crippen LogP contribution in [0.2, 0.25) is 0 Å². The van der Waals surface area contributed by atoms with Gasteiger partial charge in [-0.1, -0.05) is 42.5 Å². The lowest BCUT2D eigenvalue weighted by atomic mass is 10.0. The molecule has 0 spiro atoms. The lowest BCUT2D eigenvalue weighted by Gasteiger charge is -2.02. The molecule has 2 aromatic carbocycles. The van der Waals surface area contributed by atoms with Crippen molar-refractivity contribution >= 4 is 22.8 Å². The van der Waals surface area contributed by atoms with Gasteiger partial charge >= 0.3 is 0 Å². The fourth-order valence-electron chi connectivity index (χ4n) is 1.68. The van der Waals surface area contributed by atoms with Crippen molar-refractivity contribution in [3.05, 3.63) is 53.6 Å². The molecule has 0 atom stereocenters. The number of carbonyl (C=O) groups excluding carboxylic acids is 1. The maximum Gasteiger partial charge on any atom is 0.244 e. The molecule has 1 amide bonds. The van der Waals surface area contributed by atoms with Crippen LogP contribution in [0.25, 0.3) is 16.8 Å². The third-order valence-electron chi connectivity index (χ3n) is 2.58. The molecule has 0 aliphatic rings. The number of nitrogens with two attached hydrogens (primary N) is 1. The minimum absolute atomic E-state index is 0.382. The summed E-state index contributed by atoms with van der Waals surface area (Å²) in [5, 5.41) is 2.29. The number of rotatable bonds is 2. The highest BCUT2D eigenvalue weighted by Gasteiger charge is 2.00. The van der Waals surface area contributed by atoms with Crippen LogP contribution in [0.15, 0.2) is 48.0 Å². The zero-order chi connectivity index (χ0) is 11.5.